The van der Waals surface area contributed by atoms with Gasteiger partial charge in [-0.25, -0.2) is 14.8 Å². The van der Waals surface area contributed by atoms with Crippen molar-refractivity contribution in [2.45, 2.75) is 52.4 Å². The number of anilines is 3. The molecule has 332 valence electrons. The Morgan fingerprint density at radius 3 is 1.42 bits per heavy atom. The van der Waals surface area contributed by atoms with Crippen LogP contribution in [0.4, 0.5) is 17.1 Å². The molecular formula is C61H49N5O2Zn. The summed E-state index contributed by atoms with van der Waals surface area (Å²) in [6, 6.07) is 52.9. The zero-order valence-electron chi connectivity index (χ0n) is 39.6. The third kappa shape index (κ3) is 9.39. The van der Waals surface area contributed by atoms with Crippen molar-refractivity contribution in [2.24, 2.45) is 0 Å². The zero-order chi connectivity index (χ0) is 47.2. The van der Waals surface area contributed by atoms with E-state index in [2.05, 4.69) is 155 Å². The number of carbonyl (C=O) groups is 1. The van der Waals surface area contributed by atoms with E-state index in [4.69, 9.17) is 19.9 Å². The third-order valence-corrected chi connectivity index (χ3v) is 12.4. The molecule has 8 aromatic rings. The number of hydrogen-bond donors (Lipinski definition) is 1. The third-order valence-electron chi connectivity index (χ3n) is 12.4. The molecule has 0 fully saturated rings. The normalized spacial score (nSPS) is 12.0. The second kappa shape index (κ2) is 18.7. The Morgan fingerprint density at radius 2 is 0.928 bits per heavy atom. The summed E-state index contributed by atoms with van der Waals surface area (Å²) < 4.78 is 0. The van der Waals surface area contributed by atoms with Gasteiger partial charge in [0, 0.05) is 22.5 Å². The molecule has 7 nitrogen and oxygen atoms in total. The molecule has 0 spiro atoms. The SMILES string of the molecule is CC(C)(C)c1ccc(N(c2ccc(C(C)(C)C)cc2)c2c3nc(c(-c4ccccc4)c4ccc([n-]4)c(C#Cc4ccc(C(=O)O)cc4)c4nc(c(-c5ccccc5)c5ccc2[n-]5)C=C4)C=C3)cc1.[Zn+2]. The molecule has 69 heavy (non-hydrogen) atoms. The first-order valence-electron chi connectivity index (χ1n) is 22.8. The van der Waals surface area contributed by atoms with Gasteiger partial charge in [-0.05, 0) is 117 Å². The number of benzene rings is 5. The molecule has 8 bridgehead atoms. The van der Waals surface area contributed by atoms with Crippen molar-refractivity contribution in [2.75, 3.05) is 4.90 Å². The Kier molecular flexibility index (Phi) is 12.5. The van der Waals surface area contributed by atoms with Crippen LogP contribution in [0.1, 0.15) is 96.9 Å². The molecule has 0 atom stereocenters. The molecule has 0 amide bonds. The minimum Gasteiger partial charge on any atom is -0.656 e. The summed E-state index contributed by atoms with van der Waals surface area (Å²) in [5.41, 5.74) is 16.1. The van der Waals surface area contributed by atoms with Gasteiger partial charge >= 0.3 is 25.4 Å². The van der Waals surface area contributed by atoms with Crippen molar-refractivity contribution in [3.63, 3.8) is 0 Å². The second-order valence-corrected chi connectivity index (χ2v) is 19.1. The molecule has 2 aliphatic rings. The standard InChI is InChI=1S/C61H50N5O2.Zn/c1-60(2,3)43-22-26-45(27-23-43)66(46-28-24-44(25-29-46)61(4,5)6)58-54-37-35-52(64-54)56(40-13-9-7-10-14-40)50-33-31-48(62-50)47(30-19-39-17-20-42(21-18-39)59(67)68)49-32-34-51(63-49)57(41-15-11-8-12-16-41)53-36-38-55(58)65-53;/h7-18,20-29,31-38H,1-6H3,(H2-,62,63,64,65,67,68);/q-1;+2/p-1. The molecule has 1 N–H and O–H groups in total. The van der Waals surface area contributed by atoms with E-state index in [0.717, 1.165) is 72.9 Å². The van der Waals surface area contributed by atoms with E-state index in [1.165, 1.54) is 11.1 Å². The Bertz CT molecular complexity index is 3430. The first kappa shape index (κ1) is 46.3. The number of carboxylic acid groups (broad SMARTS) is 1. The molecule has 0 radical (unpaired) electrons. The average Bonchev–Trinajstić information content (AvgIpc) is 4.19. The minimum absolute atomic E-state index is 0. The van der Waals surface area contributed by atoms with Crippen molar-refractivity contribution in [1.29, 1.82) is 0 Å². The van der Waals surface area contributed by atoms with Gasteiger partial charge < -0.3 is 20.0 Å². The second-order valence-electron chi connectivity index (χ2n) is 19.1. The monoisotopic (exact) mass is 947 g/mol. The molecule has 8 heteroatoms. The van der Waals surface area contributed by atoms with Crippen LogP contribution < -0.4 is 14.9 Å². The molecule has 5 heterocycles. The Labute approximate surface area is 416 Å². The largest absolute Gasteiger partial charge is 2.00 e. The average molecular weight is 949 g/mol. The number of carboxylic acids is 1. The van der Waals surface area contributed by atoms with Gasteiger partial charge in [0.1, 0.15) is 0 Å². The maximum Gasteiger partial charge on any atom is 2.00 e. The van der Waals surface area contributed by atoms with Gasteiger partial charge in [-0.2, -0.15) is 0 Å². The van der Waals surface area contributed by atoms with Gasteiger partial charge in [0.05, 0.1) is 34.0 Å². The summed E-state index contributed by atoms with van der Waals surface area (Å²) in [5.74, 6) is 5.68. The summed E-state index contributed by atoms with van der Waals surface area (Å²) in [4.78, 5) is 35.6. The Morgan fingerprint density at radius 1 is 0.493 bits per heavy atom. The summed E-state index contributed by atoms with van der Waals surface area (Å²) in [5, 5.41) is 9.53. The van der Waals surface area contributed by atoms with Crippen LogP contribution >= 0.6 is 0 Å². The van der Waals surface area contributed by atoms with Crippen molar-refractivity contribution >= 4 is 69.4 Å². The molecule has 0 unspecified atom stereocenters. The fourth-order valence-electron chi connectivity index (χ4n) is 8.69. The van der Waals surface area contributed by atoms with Gasteiger partial charge in [0.25, 0.3) is 0 Å². The van der Waals surface area contributed by atoms with Gasteiger partial charge in [-0.15, -0.1) is 22.1 Å². The van der Waals surface area contributed by atoms with Crippen LogP contribution in [-0.2, 0) is 30.3 Å². The van der Waals surface area contributed by atoms with Gasteiger partial charge in [0.15, 0.2) is 0 Å². The summed E-state index contributed by atoms with van der Waals surface area (Å²) in [7, 11) is 0. The maximum atomic E-state index is 11.6. The van der Waals surface area contributed by atoms with E-state index in [-0.39, 0.29) is 35.9 Å². The van der Waals surface area contributed by atoms with E-state index in [1.807, 2.05) is 60.7 Å². The maximum absolute atomic E-state index is 11.6. The van der Waals surface area contributed by atoms with Crippen LogP contribution in [0.3, 0.4) is 0 Å². The number of aromatic nitrogens is 4. The minimum atomic E-state index is -0.990. The fraction of sp³-hybridized carbons (Fsp3) is 0.131. The smallest absolute Gasteiger partial charge is 0.656 e. The number of rotatable bonds is 6. The van der Waals surface area contributed by atoms with E-state index in [9.17, 15) is 9.90 Å². The van der Waals surface area contributed by atoms with Crippen molar-refractivity contribution in [3.05, 3.63) is 208 Å². The van der Waals surface area contributed by atoms with Crippen molar-refractivity contribution in [3.8, 4) is 34.1 Å². The van der Waals surface area contributed by atoms with E-state index in [0.29, 0.717) is 22.3 Å². The van der Waals surface area contributed by atoms with Crippen LogP contribution in [0, 0.1) is 11.8 Å². The van der Waals surface area contributed by atoms with Crippen LogP contribution in [-0.4, -0.2) is 21.0 Å². The molecule has 5 aromatic carbocycles. The quantitative estimate of drug-likeness (QED) is 0.131. The zero-order valence-corrected chi connectivity index (χ0v) is 42.6. The number of fused-ring (bicyclic) bond motifs is 8. The van der Waals surface area contributed by atoms with Crippen LogP contribution in [0.5, 0.6) is 0 Å². The summed E-state index contributed by atoms with van der Waals surface area (Å²) >= 11 is 0. The predicted molar refractivity (Wildman–Crippen MR) is 279 cm³/mol. The van der Waals surface area contributed by atoms with Crippen LogP contribution in [0.2, 0.25) is 0 Å². The predicted octanol–water partition coefficient (Wildman–Crippen LogP) is 14.4. The van der Waals surface area contributed by atoms with E-state index in [1.54, 1.807) is 24.3 Å². The Balaban J connectivity index is 0.00000593. The topological polar surface area (TPSA) is 94.5 Å². The Hall–Kier alpha value is -7.85. The molecular weight excluding hydrogens is 900 g/mol. The van der Waals surface area contributed by atoms with Crippen molar-refractivity contribution < 1.29 is 29.4 Å². The molecule has 0 saturated carbocycles. The molecule has 3 aromatic heterocycles. The molecule has 2 aliphatic heterocycles. The number of hydrogen-bond acceptors (Lipinski definition) is 4. The molecule has 0 saturated heterocycles. The van der Waals surface area contributed by atoms with Crippen LogP contribution in [0.15, 0.2) is 158 Å². The number of aromatic carboxylic acids is 1. The van der Waals surface area contributed by atoms with Gasteiger partial charge in [0.2, 0.25) is 0 Å². The number of nitrogens with zero attached hydrogens (tertiary/aromatic N) is 5. The fourth-order valence-corrected chi connectivity index (χ4v) is 8.69. The summed E-state index contributed by atoms with van der Waals surface area (Å²) in [6.07, 6.45) is 8.18. The first-order valence-corrected chi connectivity index (χ1v) is 22.8. The first-order chi connectivity index (χ1) is 32.8. The van der Waals surface area contributed by atoms with Gasteiger partial charge in [-0.3, -0.25) is 0 Å². The van der Waals surface area contributed by atoms with Crippen molar-refractivity contribution in [1.82, 2.24) is 19.9 Å². The van der Waals surface area contributed by atoms with E-state index >= 15 is 0 Å². The van der Waals surface area contributed by atoms with Crippen LogP contribution in [0.25, 0.3) is 68.6 Å². The van der Waals surface area contributed by atoms with Gasteiger partial charge in [-0.1, -0.05) is 163 Å². The summed E-state index contributed by atoms with van der Waals surface area (Å²) in [6.45, 7) is 13.4. The van der Waals surface area contributed by atoms with E-state index < -0.39 is 5.97 Å². The molecule has 0 aliphatic carbocycles. The molecule has 10 rings (SSSR count).